The van der Waals surface area contributed by atoms with Crippen molar-refractivity contribution >= 4 is 0 Å². The molecule has 2 nitrogen and oxygen atoms in total. The van der Waals surface area contributed by atoms with Crippen molar-refractivity contribution in [3.63, 3.8) is 0 Å². The Hall–Kier alpha value is -0.550. The van der Waals surface area contributed by atoms with Crippen molar-refractivity contribution in [2.45, 2.75) is 39.2 Å². The number of piperidine rings is 1. The molecule has 1 rings (SSSR count). The van der Waals surface area contributed by atoms with Gasteiger partial charge in [-0.1, -0.05) is 20.3 Å². The highest BCUT2D eigenvalue weighted by Crippen LogP contribution is 2.22. The summed E-state index contributed by atoms with van der Waals surface area (Å²) < 4.78 is 0. The molecule has 0 saturated carbocycles. The third kappa shape index (κ3) is 2.22. The zero-order valence-electron chi connectivity index (χ0n) is 8.08. The van der Waals surface area contributed by atoms with E-state index in [2.05, 4.69) is 24.8 Å². The van der Waals surface area contributed by atoms with Crippen LogP contribution in [0.2, 0.25) is 0 Å². The highest BCUT2D eigenvalue weighted by atomic mass is 15.2. The van der Waals surface area contributed by atoms with E-state index in [-0.39, 0.29) is 0 Å². The Morgan fingerprint density at radius 2 is 2.25 bits per heavy atom. The molecule has 0 N–H and O–H groups in total. The lowest BCUT2D eigenvalue weighted by Crippen LogP contribution is -2.42. The highest BCUT2D eigenvalue weighted by molar-refractivity contribution is 4.85. The molecule has 1 saturated heterocycles. The van der Waals surface area contributed by atoms with E-state index in [4.69, 9.17) is 5.26 Å². The van der Waals surface area contributed by atoms with Crippen LogP contribution in [0.3, 0.4) is 0 Å². The molecule has 1 aliphatic rings. The Kier molecular flexibility index (Phi) is 3.55. The third-order valence-corrected chi connectivity index (χ3v) is 2.71. The van der Waals surface area contributed by atoms with E-state index in [1.54, 1.807) is 0 Å². The van der Waals surface area contributed by atoms with E-state index < -0.39 is 0 Å². The van der Waals surface area contributed by atoms with Crippen LogP contribution in [0.25, 0.3) is 0 Å². The Labute approximate surface area is 75.2 Å². The summed E-state index contributed by atoms with van der Waals surface area (Å²) in [6.45, 7) is 6.24. The van der Waals surface area contributed by atoms with Crippen LogP contribution < -0.4 is 0 Å². The first-order valence-corrected chi connectivity index (χ1v) is 4.86. The van der Waals surface area contributed by atoms with Crippen LogP contribution in [-0.2, 0) is 0 Å². The lowest BCUT2D eigenvalue weighted by molar-refractivity contribution is 0.128. The quantitative estimate of drug-likeness (QED) is 0.587. The summed E-state index contributed by atoms with van der Waals surface area (Å²) in [5, 5.41) is 8.63. The number of nitrogens with zero attached hydrogens (tertiary/aromatic N) is 2. The molecule has 0 radical (unpaired) electrons. The summed E-state index contributed by atoms with van der Waals surface area (Å²) in [6, 6.07) is 2.90. The molecule has 0 bridgehead atoms. The van der Waals surface area contributed by atoms with E-state index >= 15 is 0 Å². The fourth-order valence-corrected chi connectivity index (χ4v) is 2.06. The van der Waals surface area contributed by atoms with Crippen LogP contribution in [0.15, 0.2) is 0 Å². The molecular formula is C10H18N2. The summed E-state index contributed by atoms with van der Waals surface area (Å²) >= 11 is 0. The number of likely N-dealkylation sites (tertiary alicyclic amines) is 1. The van der Waals surface area contributed by atoms with Crippen LogP contribution in [0.1, 0.15) is 33.1 Å². The second kappa shape index (κ2) is 4.47. The van der Waals surface area contributed by atoms with Gasteiger partial charge in [-0.05, 0) is 25.3 Å². The topological polar surface area (TPSA) is 27.0 Å². The molecule has 1 unspecified atom stereocenters. The van der Waals surface area contributed by atoms with Crippen LogP contribution in [0.4, 0.5) is 0 Å². The minimum Gasteiger partial charge on any atom is -0.287 e. The zero-order valence-corrected chi connectivity index (χ0v) is 8.08. The predicted molar refractivity (Wildman–Crippen MR) is 49.7 cm³/mol. The smallest absolute Gasteiger partial charge is 0.0868 e. The SMILES string of the molecule is CC(C)C1CCCCN1CC#N. The molecule has 1 heterocycles. The summed E-state index contributed by atoms with van der Waals surface area (Å²) in [4.78, 5) is 2.33. The third-order valence-electron chi connectivity index (χ3n) is 2.71. The highest BCUT2D eigenvalue weighted by Gasteiger charge is 2.24. The van der Waals surface area contributed by atoms with Crippen LogP contribution in [-0.4, -0.2) is 24.0 Å². The maximum absolute atomic E-state index is 8.63. The molecule has 0 aliphatic carbocycles. The molecule has 0 aromatic rings. The van der Waals surface area contributed by atoms with Gasteiger partial charge in [0.15, 0.2) is 0 Å². The van der Waals surface area contributed by atoms with E-state index in [1.165, 1.54) is 19.3 Å². The first-order chi connectivity index (χ1) is 5.75. The summed E-state index contributed by atoms with van der Waals surface area (Å²) in [5.74, 6) is 0.693. The lowest BCUT2D eigenvalue weighted by atomic mass is 9.93. The number of hydrogen-bond donors (Lipinski definition) is 0. The molecule has 1 fully saturated rings. The largest absolute Gasteiger partial charge is 0.287 e. The van der Waals surface area contributed by atoms with Gasteiger partial charge in [-0.2, -0.15) is 5.26 Å². The molecule has 12 heavy (non-hydrogen) atoms. The summed E-state index contributed by atoms with van der Waals surface area (Å²) in [5.41, 5.74) is 0. The summed E-state index contributed by atoms with van der Waals surface area (Å²) in [7, 11) is 0. The molecule has 1 aliphatic heterocycles. The normalized spacial score (nSPS) is 25.7. The maximum atomic E-state index is 8.63. The van der Waals surface area contributed by atoms with Crippen LogP contribution in [0.5, 0.6) is 0 Å². The fraction of sp³-hybridized carbons (Fsp3) is 0.900. The molecule has 0 aromatic carbocycles. The molecule has 1 atom stereocenters. The van der Waals surface area contributed by atoms with Crippen LogP contribution in [0, 0.1) is 17.2 Å². The lowest BCUT2D eigenvalue weighted by Gasteiger charge is -2.36. The van der Waals surface area contributed by atoms with Gasteiger partial charge in [0.25, 0.3) is 0 Å². The average Bonchev–Trinajstić information content (AvgIpc) is 2.05. The van der Waals surface area contributed by atoms with Gasteiger partial charge in [-0.15, -0.1) is 0 Å². The molecule has 0 amide bonds. The monoisotopic (exact) mass is 166 g/mol. The van der Waals surface area contributed by atoms with Gasteiger partial charge in [0, 0.05) is 6.04 Å². The second-order valence-electron chi connectivity index (χ2n) is 3.94. The Morgan fingerprint density at radius 3 is 2.83 bits per heavy atom. The van der Waals surface area contributed by atoms with Gasteiger partial charge < -0.3 is 0 Å². The Morgan fingerprint density at radius 1 is 1.50 bits per heavy atom. The standard InChI is InChI=1S/C10H18N2/c1-9(2)10-5-3-4-7-12(10)8-6-11/h9-10H,3-5,7-8H2,1-2H3. The molecule has 0 spiro atoms. The van der Waals surface area contributed by atoms with Gasteiger partial charge in [0.2, 0.25) is 0 Å². The van der Waals surface area contributed by atoms with Crippen molar-refractivity contribution in [3.8, 4) is 6.07 Å². The van der Waals surface area contributed by atoms with Gasteiger partial charge in [0.05, 0.1) is 12.6 Å². The Bertz CT molecular complexity index is 169. The van der Waals surface area contributed by atoms with E-state index in [0.29, 0.717) is 18.5 Å². The van der Waals surface area contributed by atoms with E-state index in [9.17, 15) is 0 Å². The van der Waals surface area contributed by atoms with Crippen molar-refractivity contribution in [3.05, 3.63) is 0 Å². The number of rotatable bonds is 2. The van der Waals surface area contributed by atoms with Crippen molar-refractivity contribution in [1.29, 1.82) is 5.26 Å². The van der Waals surface area contributed by atoms with Crippen molar-refractivity contribution < 1.29 is 0 Å². The fourth-order valence-electron chi connectivity index (χ4n) is 2.06. The molecule has 2 heteroatoms. The molecule has 0 aromatic heterocycles. The van der Waals surface area contributed by atoms with Crippen molar-refractivity contribution in [2.24, 2.45) is 5.92 Å². The van der Waals surface area contributed by atoms with Crippen LogP contribution >= 0.6 is 0 Å². The van der Waals surface area contributed by atoms with Gasteiger partial charge >= 0.3 is 0 Å². The minimum absolute atomic E-state index is 0.614. The predicted octanol–water partition coefficient (Wildman–Crippen LogP) is 2.02. The molecular weight excluding hydrogens is 148 g/mol. The van der Waals surface area contributed by atoms with E-state index in [1.807, 2.05) is 0 Å². The average molecular weight is 166 g/mol. The molecule has 68 valence electrons. The van der Waals surface area contributed by atoms with Crippen molar-refractivity contribution in [2.75, 3.05) is 13.1 Å². The number of nitriles is 1. The van der Waals surface area contributed by atoms with Crippen molar-refractivity contribution in [1.82, 2.24) is 4.90 Å². The minimum atomic E-state index is 0.614. The first kappa shape index (κ1) is 9.54. The first-order valence-electron chi connectivity index (χ1n) is 4.86. The zero-order chi connectivity index (χ0) is 8.97. The second-order valence-corrected chi connectivity index (χ2v) is 3.94. The van der Waals surface area contributed by atoms with Gasteiger partial charge in [-0.3, -0.25) is 4.90 Å². The van der Waals surface area contributed by atoms with Gasteiger partial charge in [-0.25, -0.2) is 0 Å². The van der Waals surface area contributed by atoms with E-state index in [0.717, 1.165) is 6.54 Å². The Balaban J connectivity index is 2.49. The van der Waals surface area contributed by atoms with Gasteiger partial charge in [0.1, 0.15) is 0 Å². The number of hydrogen-bond acceptors (Lipinski definition) is 2. The summed E-state index contributed by atoms with van der Waals surface area (Å²) in [6.07, 6.45) is 3.88. The maximum Gasteiger partial charge on any atom is 0.0868 e.